The van der Waals surface area contributed by atoms with E-state index in [-0.39, 0.29) is 5.56 Å². The molecular weight excluding hydrogens is 294 g/mol. The first-order valence-electron chi connectivity index (χ1n) is 5.60. The Bertz CT molecular complexity index is 622. The Morgan fingerprint density at radius 2 is 2.28 bits per heavy atom. The number of aromatic nitrogens is 2. The van der Waals surface area contributed by atoms with Crippen LogP contribution in [0.15, 0.2) is 39.9 Å². The Balaban J connectivity index is 2.43. The van der Waals surface area contributed by atoms with Crippen LogP contribution >= 0.6 is 15.9 Å². The molecule has 0 aliphatic heterocycles. The van der Waals surface area contributed by atoms with Gasteiger partial charge in [-0.05, 0) is 35.0 Å². The average molecular weight is 308 g/mol. The van der Waals surface area contributed by atoms with Gasteiger partial charge in [-0.15, -0.1) is 0 Å². The van der Waals surface area contributed by atoms with Gasteiger partial charge in [0.25, 0.3) is 5.56 Å². The van der Waals surface area contributed by atoms with E-state index in [1.165, 1.54) is 0 Å². The first kappa shape index (κ1) is 12.8. The van der Waals surface area contributed by atoms with Gasteiger partial charge in [-0.2, -0.15) is 0 Å². The van der Waals surface area contributed by atoms with E-state index in [2.05, 4.69) is 26.2 Å². The van der Waals surface area contributed by atoms with Gasteiger partial charge in [0.1, 0.15) is 5.82 Å². The van der Waals surface area contributed by atoms with Gasteiger partial charge in [-0.3, -0.25) is 4.79 Å². The quantitative estimate of drug-likeness (QED) is 0.947. The first-order chi connectivity index (χ1) is 8.61. The van der Waals surface area contributed by atoms with Gasteiger partial charge in [-0.1, -0.05) is 6.07 Å². The van der Waals surface area contributed by atoms with E-state index >= 15 is 0 Å². The zero-order valence-corrected chi connectivity index (χ0v) is 11.9. The van der Waals surface area contributed by atoms with E-state index in [1.54, 1.807) is 17.0 Å². The zero-order chi connectivity index (χ0) is 13.1. The standard InChI is InChI=1S/C13H14BrN3O/c1-9-6-11(14)8-17(13(9)18)7-10-4-3-5-16-12(10)15-2/h3-6,8H,7H2,1-2H3,(H,15,16). The molecule has 0 aliphatic carbocycles. The van der Waals surface area contributed by atoms with Crippen LogP contribution < -0.4 is 10.9 Å². The van der Waals surface area contributed by atoms with E-state index in [0.29, 0.717) is 6.54 Å². The predicted molar refractivity (Wildman–Crippen MR) is 76.0 cm³/mol. The van der Waals surface area contributed by atoms with Crippen molar-refractivity contribution in [1.82, 2.24) is 9.55 Å². The van der Waals surface area contributed by atoms with E-state index in [1.807, 2.05) is 32.2 Å². The summed E-state index contributed by atoms with van der Waals surface area (Å²) in [4.78, 5) is 16.3. The summed E-state index contributed by atoms with van der Waals surface area (Å²) < 4.78 is 2.58. The number of halogens is 1. The third kappa shape index (κ3) is 2.61. The molecule has 0 spiro atoms. The van der Waals surface area contributed by atoms with Gasteiger partial charge in [0.05, 0.1) is 6.54 Å². The Morgan fingerprint density at radius 1 is 1.50 bits per heavy atom. The molecule has 0 atom stereocenters. The van der Waals surface area contributed by atoms with Crippen LogP contribution in [-0.2, 0) is 6.54 Å². The highest BCUT2D eigenvalue weighted by Crippen LogP contribution is 2.14. The summed E-state index contributed by atoms with van der Waals surface area (Å²) in [6.45, 7) is 2.31. The SMILES string of the molecule is CNc1ncccc1Cn1cc(Br)cc(C)c1=O. The van der Waals surface area contributed by atoms with E-state index in [0.717, 1.165) is 21.4 Å². The molecule has 0 saturated carbocycles. The molecule has 2 aromatic heterocycles. The monoisotopic (exact) mass is 307 g/mol. The molecule has 0 saturated heterocycles. The number of anilines is 1. The summed E-state index contributed by atoms with van der Waals surface area (Å²) in [5.74, 6) is 0.794. The van der Waals surface area contributed by atoms with Crippen molar-refractivity contribution in [3.05, 3.63) is 56.5 Å². The highest BCUT2D eigenvalue weighted by molar-refractivity contribution is 9.10. The lowest BCUT2D eigenvalue weighted by atomic mass is 10.2. The van der Waals surface area contributed by atoms with E-state index in [9.17, 15) is 4.79 Å². The third-order valence-corrected chi connectivity index (χ3v) is 3.13. The summed E-state index contributed by atoms with van der Waals surface area (Å²) in [5.41, 5.74) is 1.72. The Morgan fingerprint density at radius 3 is 3.00 bits per heavy atom. The van der Waals surface area contributed by atoms with Gasteiger partial charge in [-0.25, -0.2) is 4.98 Å². The highest BCUT2D eigenvalue weighted by atomic mass is 79.9. The first-order valence-corrected chi connectivity index (χ1v) is 6.39. The number of hydrogen-bond donors (Lipinski definition) is 1. The normalized spacial score (nSPS) is 10.4. The molecule has 0 aromatic carbocycles. The van der Waals surface area contributed by atoms with Crippen LogP contribution in [-0.4, -0.2) is 16.6 Å². The molecule has 4 nitrogen and oxygen atoms in total. The second kappa shape index (κ2) is 5.35. The fourth-order valence-electron chi connectivity index (χ4n) is 1.83. The number of nitrogens with zero attached hydrogens (tertiary/aromatic N) is 2. The van der Waals surface area contributed by atoms with Crippen molar-refractivity contribution in [1.29, 1.82) is 0 Å². The van der Waals surface area contributed by atoms with Gasteiger partial charge >= 0.3 is 0 Å². The van der Waals surface area contributed by atoms with Crippen molar-refractivity contribution < 1.29 is 0 Å². The van der Waals surface area contributed by atoms with Gasteiger partial charge in [0.15, 0.2) is 0 Å². The topological polar surface area (TPSA) is 46.9 Å². The molecule has 0 unspecified atom stereocenters. The Labute approximate surface area is 114 Å². The molecule has 0 aliphatic rings. The molecule has 0 radical (unpaired) electrons. The summed E-state index contributed by atoms with van der Waals surface area (Å²) >= 11 is 3.41. The zero-order valence-electron chi connectivity index (χ0n) is 10.3. The van der Waals surface area contributed by atoms with Crippen molar-refractivity contribution in [2.24, 2.45) is 0 Å². The van der Waals surface area contributed by atoms with Crippen LogP contribution in [0.1, 0.15) is 11.1 Å². The molecule has 1 N–H and O–H groups in total. The van der Waals surface area contributed by atoms with Crippen LogP contribution in [0, 0.1) is 6.92 Å². The lowest BCUT2D eigenvalue weighted by molar-refractivity contribution is 0.747. The molecule has 2 heterocycles. The maximum absolute atomic E-state index is 12.0. The van der Waals surface area contributed by atoms with Crippen LogP contribution in [0.4, 0.5) is 5.82 Å². The van der Waals surface area contributed by atoms with Gasteiger partial charge in [0.2, 0.25) is 0 Å². The molecule has 5 heteroatoms. The van der Waals surface area contributed by atoms with E-state index in [4.69, 9.17) is 0 Å². The second-order valence-electron chi connectivity index (χ2n) is 4.04. The maximum Gasteiger partial charge on any atom is 0.253 e. The maximum atomic E-state index is 12.0. The summed E-state index contributed by atoms with van der Waals surface area (Å²) in [6, 6.07) is 5.65. The molecule has 0 bridgehead atoms. The molecule has 18 heavy (non-hydrogen) atoms. The summed E-state index contributed by atoms with van der Waals surface area (Å²) in [6.07, 6.45) is 3.52. The van der Waals surface area contributed by atoms with E-state index < -0.39 is 0 Å². The number of nitrogens with one attached hydrogen (secondary N) is 1. The lowest BCUT2D eigenvalue weighted by Crippen LogP contribution is -2.22. The summed E-state index contributed by atoms with van der Waals surface area (Å²) in [7, 11) is 1.82. The average Bonchev–Trinajstić information content (AvgIpc) is 2.36. The van der Waals surface area contributed by atoms with Crippen molar-refractivity contribution >= 4 is 21.7 Å². The highest BCUT2D eigenvalue weighted by Gasteiger charge is 2.06. The van der Waals surface area contributed by atoms with Crippen molar-refractivity contribution in [2.75, 3.05) is 12.4 Å². The van der Waals surface area contributed by atoms with Crippen LogP contribution in [0.25, 0.3) is 0 Å². The fourth-order valence-corrected chi connectivity index (χ4v) is 2.42. The molecule has 0 amide bonds. The molecule has 2 rings (SSSR count). The fraction of sp³-hybridized carbons (Fsp3) is 0.231. The van der Waals surface area contributed by atoms with Crippen LogP contribution in [0.2, 0.25) is 0 Å². The Hall–Kier alpha value is -1.62. The minimum atomic E-state index is 0.0177. The number of pyridine rings is 2. The number of hydrogen-bond acceptors (Lipinski definition) is 3. The molecule has 2 aromatic rings. The largest absolute Gasteiger partial charge is 0.373 e. The molecule has 0 fully saturated rings. The molecular formula is C13H14BrN3O. The Kier molecular flexibility index (Phi) is 3.81. The minimum absolute atomic E-state index is 0.0177. The molecule has 94 valence electrons. The second-order valence-corrected chi connectivity index (χ2v) is 4.95. The van der Waals surface area contributed by atoms with Gasteiger partial charge < -0.3 is 9.88 Å². The van der Waals surface area contributed by atoms with Crippen molar-refractivity contribution in [2.45, 2.75) is 13.5 Å². The van der Waals surface area contributed by atoms with Crippen LogP contribution in [0.3, 0.4) is 0 Å². The number of aryl methyl sites for hydroxylation is 1. The van der Waals surface area contributed by atoms with Gasteiger partial charge in [0, 0.05) is 35.0 Å². The summed E-state index contributed by atoms with van der Waals surface area (Å²) in [5, 5.41) is 3.03. The number of rotatable bonds is 3. The predicted octanol–water partition coefficient (Wildman–Crippen LogP) is 2.40. The lowest BCUT2D eigenvalue weighted by Gasteiger charge is -2.11. The minimum Gasteiger partial charge on any atom is -0.373 e. The van der Waals surface area contributed by atoms with Crippen molar-refractivity contribution in [3.63, 3.8) is 0 Å². The third-order valence-electron chi connectivity index (χ3n) is 2.70. The van der Waals surface area contributed by atoms with Crippen LogP contribution in [0.5, 0.6) is 0 Å². The van der Waals surface area contributed by atoms with Crippen molar-refractivity contribution in [3.8, 4) is 0 Å². The smallest absolute Gasteiger partial charge is 0.253 e.